The summed E-state index contributed by atoms with van der Waals surface area (Å²) in [6, 6.07) is 26.8. The predicted molar refractivity (Wildman–Crippen MR) is 105 cm³/mol. The molecule has 0 aliphatic heterocycles. The van der Waals surface area contributed by atoms with E-state index in [1.807, 2.05) is 48.5 Å². The number of benzene rings is 3. The largest absolute Gasteiger partial charge is 0.319 e. The average Bonchev–Trinajstić information content (AvgIpc) is 3.06. The van der Waals surface area contributed by atoms with Crippen molar-refractivity contribution in [2.24, 2.45) is 4.99 Å². The normalized spacial score (nSPS) is 11.7. The lowest BCUT2D eigenvalue weighted by molar-refractivity contribution is 0.628. The zero-order valence-corrected chi connectivity index (χ0v) is 14.9. The van der Waals surface area contributed by atoms with Crippen LogP contribution in [0.4, 0.5) is 10.1 Å². The van der Waals surface area contributed by atoms with Crippen molar-refractivity contribution < 1.29 is 4.39 Å². The van der Waals surface area contributed by atoms with Gasteiger partial charge < -0.3 is 4.57 Å². The quantitative estimate of drug-likeness (QED) is 0.448. The molecule has 26 heavy (non-hydrogen) atoms. The molecule has 0 aliphatic carbocycles. The molecule has 0 amide bonds. The Hall–Kier alpha value is -2.98. The monoisotopic (exact) mass is 360 g/mol. The lowest BCUT2D eigenvalue weighted by Gasteiger charge is -2.03. The number of hydrogen-bond acceptors (Lipinski definition) is 2. The van der Waals surface area contributed by atoms with Gasteiger partial charge in [-0.2, -0.15) is 0 Å². The summed E-state index contributed by atoms with van der Waals surface area (Å²) < 4.78 is 15.4. The van der Waals surface area contributed by atoms with Crippen molar-refractivity contribution in [3.05, 3.63) is 107 Å². The summed E-state index contributed by atoms with van der Waals surface area (Å²) in [5.41, 5.74) is 3.13. The first-order chi connectivity index (χ1) is 12.8. The number of para-hydroxylation sites is 1. The summed E-state index contributed by atoms with van der Waals surface area (Å²) in [6.07, 6.45) is 2.09. The van der Waals surface area contributed by atoms with Gasteiger partial charge in [0, 0.05) is 12.7 Å². The second kappa shape index (κ2) is 7.50. The maximum Gasteiger partial charge on any atom is 0.190 e. The van der Waals surface area contributed by atoms with Crippen LogP contribution < -0.4 is 4.80 Å². The Balaban J connectivity index is 1.79. The van der Waals surface area contributed by atoms with Crippen LogP contribution in [0.1, 0.15) is 5.56 Å². The van der Waals surface area contributed by atoms with E-state index in [1.54, 1.807) is 23.5 Å². The molecule has 0 unspecified atom stereocenters. The van der Waals surface area contributed by atoms with E-state index in [9.17, 15) is 4.39 Å². The summed E-state index contributed by atoms with van der Waals surface area (Å²) in [4.78, 5) is 6.79. The third-order valence-corrected chi connectivity index (χ3v) is 5.09. The van der Waals surface area contributed by atoms with Gasteiger partial charge in [0.15, 0.2) is 4.80 Å². The van der Waals surface area contributed by atoms with Crippen LogP contribution in [0, 0.1) is 5.82 Å². The standard InChI is InChI=1S/C22H17FN2S/c23-19-13-11-18(12-14-19)21-16-25(15-17-7-3-1-4-8-17)22(26-21)24-20-9-5-2-6-10-20/h1-14,16H,15H2/b24-22+. The Bertz CT molecular complexity index is 1050. The molecule has 128 valence electrons. The molecular weight excluding hydrogens is 343 g/mol. The molecule has 0 saturated heterocycles. The number of nitrogens with zero attached hydrogens (tertiary/aromatic N) is 2. The molecule has 0 saturated carbocycles. The molecule has 0 radical (unpaired) electrons. The van der Waals surface area contributed by atoms with Crippen molar-refractivity contribution in [2.45, 2.75) is 6.54 Å². The van der Waals surface area contributed by atoms with Crippen molar-refractivity contribution >= 4 is 17.0 Å². The number of halogens is 1. The second-order valence-corrected chi connectivity index (χ2v) is 6.95. The molecule has 0 aliphatic rings. The highest BCUT2D eigenvalue weighted by atomic mass is 32.1. The van der Waals surface area contributed by atoms with Crippen molar-refractivity contribution in [3.63, 3.8) is 0 Å². The second-order valence-electron chi connectivity index (χ2n) is 5.95. The van der Waals surface area contributed by atoms with Gasteiger partial charge in [0.2, 0.25) is 0 Å². The van der Waals surface area contributed by atoms with Crippen LogP contribution in [-0.4, -0.2) is 4.57 Å². The van der Waals surface area contributed by atoms with Crippen LogP contribution in [0.5, 0.6) is 0 Å². The Morgan fingerprint density at radius 1 is 0.808 bits per heavy atom. The minimum atomic E-state index is -0.225. The first-order valence-electron chi connectivity index (χ1n) is 8.38. The van der Waals surface area contributed by atoms with Gasteiger partial charge in [-0.05, 0) is 35.4 Å². The SMILES string of the molecule is Fc1ccc(-c2cn(Cc3ccccc3)/c(=N\c3ccccc3)s2)cc1. The Morgan fingerprint density at radius 3 is 2.15 bits per heavy atom. The molecule has 0 atom stereocenters. The minimum absolute atomic E-state index is 0.225. The van der Waals surface area contributed by atoms with Gasteiger partial charge in [-0.25, -0.2) is 9.38 Å². The van der Waals surface area contributed by atoms with E-state index in [1.165, 1.54) is 17.7 Å². The summed E-state index contributed by atoms with van der Waals surface area (Å²) in [5, 5.41) is 0. The number of aromatic nitrogens is 1. The topological polar surface area (TPSA) is 17.3 Å². The summed E-state index contributed by atoms with van der Waals surface area (Å²) in [7, 11) is 0. The highest BCUT2D eigenvalue weighted by molar-refractivity contribution is 7.12. The molecular formula is C22H17FN2S. The maximum absolute atomic E-state index is 13.2. The van der Waals surface area contributed by atoms with Gasteiger partial charge in [-0.15, -0.1) is 0 Å². The van der Waals surface area contributed by atoms with Crippen LogP contribution >= 0.6 is 11.3 Å². The van der Waals surface area contributed by atoms with Gasteiger partial charge in [0.05, 0.1) is 10.6 Å². The molecule has 0 spiro atoms. The molecule has 0 fully saturated rings. The maximum atomic E-state index is 13.2. The van der Waals surface area contributed by atoms with Crippen LogP contribution in [0.15, 0.2) is 96.1 Å². The fourth-order valence-electron chi connectivity index (χ4n) is 2.72. The number of thiazole rings is 1. The molecule has 3 aromatic carbocycles. The van der Waals surface area contributed by atoms with E-state index in [-0.39, 0.29) is 5.82 Å². The van der Waals surface area contributed by atoms with E-state index in [4.69, 9.17) is 4.99 Å². The predicted octanol–water partition coefficient (Wildman–Crippen LogP) is 5.64. The van der Waals surface area contributed by atoms with E-state index < -0.39 is 0 Å². The smallest absolute Gasteiger partial charge is 0.190 e. The summed E-state index contributed by atoms with van der Waals surface area (Å²) >= 11 is 1.61. The van der Waals surface area contributed by atoms with Crippen molar-refractivity contribution in [1.82, 2.24) is 4.57 Å². The van der Waals surface area contributed by atoms with Gasteiger partial charge in [0.25, 0.3) is 0 Å². The fourth-order valence-corrected chi connectivity index (χ4v) is 3.74. The number of hydrogen-bond donors (Lipinski definition) is 0. The van der Waals surface area contributed by atoms with E-state index >= 15 is 0 Å². The minimum Gasteiger partial charge on any atom is -0.319 e. The van der Waals surface area contributed by atoms with Crippen LogP contribution in [0.25, 0.3) is 10.4 Å². The van der Waals surface area contributed by atoms with Gasteiger partial charge in [0.1, 0.15) is 5.82 Å². The molecule has 4 aromatic rings. The molecule has 1 heterocycles. The van der Waals surface area contributed by atoms with Gasteiger partial charge >= 0.3 is 0 Å². The molecule has 0 N–H and O–H groups in total. The molecule has 4 heteroatoms. The molecule has 4 rings (SSSR count). The van der Waals surface area contributed by atoms with Crippen LogP contribution in [0.2, 0.25) is 0 Å². The van der Waals surface area contributed by atoms with Gasteiger partial charge in [-0.3, -0.25) is 0 Å². The zero-order valence-electron chi connectivity index (χ0n) is 14.0. The fraction of sp³-hybridized carbons (Fsp3) is 0.0455. The van der Waals surface area contributed by atoms with E-state index in [2.05, 4.69) is 22.9 Å². The summed E-state index contributed by atoms with van der Waals surface area (Å²) in [6.45, 7) is 0.740. The van der Waals surface area contributed by atoms with Crippen molar-refractivity contribution in [3.8, 4) is 10.4 Å². The highest BCUT2D eigenvalue weighted by Gasteiger charge is 2.07. The number of rotatable bonds is 4. The van der Waals surface area contributed by atoms with Crippen molar-refractivity contribution in [1.29, 1.82) is 0 Å². The van der Waals surface area contributed by atoms with Gasteiger partial charge in [-0.1, -0.05) is 72.0 Å². The Morgan fingerprint density at radius 2 is 1.46 bits per heavy atom. The third kappa shape index (κ3) is 3.81. The Kier molecular flexibility index (Phi) is 4.75. The lowest BCUT2D eigenvalue weighted by Crippen LogP contribution is -2.14. The first kappa shape index (κ1) is 16.5. The Labute approximate surface area is 155 Å². The first-order valence-corrected chi connectivity index (χ1v) is 9.19. The lowest BCUT2D eigenvalue weighted by atomic mass is 10.2. The molecule has 0 bridgehead atoms. The van der Waals surface area contributed by atoms with Crippen LogP contribution in [0.3, 0.4) is 0 Å². The average molecular weight is 360 g/mol. The summed E-state index contributed by atoms with van der Waals surface area (Å²) in [5.74, 6) is -0.225. The van der Waals surface area contributed by atoms with Crippen molar-refractivity contribution in [2.75, 3.05) is 0 Å². The highest BCUT2D eigenvalue weighted by Crippen LogP contribution is 2.23. The third-order valence-electron chi connectivity index (χ3n) is 4.03. The van der Waals surface area contributed by atoms with E-state index in [0.29, 0.717) is 0 Å². The van der Waals surface area contributed by atoms with Crippen LogP contribution in [-0.2, 0) is 6.54 Å². The van der Waals surface area contributed by atoms with E-state index in [0.717, 1.165) is 27.5 Å². The zero-order chi connectivity index (χ0) is 17.8. The molecule has 2 nitrogen and oxygen atoms in total. The molecule has 1 aromatic heterocycles.